The first-order valence-electron chi connectivity index (χ1n) is 11.5. The third-order valence-corrected chi connectivity index (χ3v) is 6.78. The Labute approximate surface area is 189 Å². The Kier molecular flexibility index (Phi) is 6.10. The molecule has 7 heteroatoms. The van der Waals surface area contributed by atoms with E-state index in [-0.39, 0.29) is 11.8 Å². The van der Waals surface area contributed by atoms with Gasteiger partial charge in [-0.3, -0.25) is 14.5 Å². The fraction of sp³-hybridized carbons (Fsp3) is 0.440. The molecule has 168 valence electrons. The molecule has 2 aromatic rings. The maximum atomic E-state index is 12.9. The molecule has 3 heterocycles. The minimum atomic E-state index is 0.104. The molecule has 0 N–H and O–H groups in total. The maximum absolute atomic E-state index is 12.9. The molecule has 2 amide bonds. The lowest BCUT2D eigenvalue weighted by Gasteiger charge is -2.48. The molecule has 0 aromatic heterocycles. The first-order valence-corrected chi connectivity index (χ1v) is 11.5. The summed E-state index contributed by atoms with van der Waals surface area (Å²) in [5, 5.41) is 0. The number of anilines is 1. The van der Waals surface area contributed by atoms with Crippen molar-refractivity contribution >= 4 is 17.5 Å². The summed E-state index contributed by atoms with van der Waals surface area (Å²) in [6, 6.07) is 17.8. The smallest absolute Gasteiger partial charge is 0.253 e. The first-order chi connectivity index (χ1) is 15.7. The molecule has 0 spiro atoms. The predicted molar refractivity (Wildman–Crippen MR) is 123 cm³/mol. The highest BCUT2D eigenvalue weighted by Gasteiger charge is 2.37. The van der Waals surface area contributed by atoms with Crippen molar-refractivity contribution in [2.24, 2.45) is 0 Å². The van der Waals surface area contributed by atoms with Gasteiger partial charge in [0.1, 0.15) is 0 Å². The Morgan fingerprint density at radius 3 is 1.94 bits per heavy atom. The predicted octanol–water partition coefficient (Wildman–Crippen LogP) is 1.81. The van der Waals surface area contributed by atoms with Crippen molar-refractivity contribution in [3.05, 3.63) is 65.7 Å². The fourth-order valence-corrected chi connectivity index (χ4v) is 4.72. The van der Waals surface area contributed by atoms with E-state index in [1.54, 1.807) is 0 Å². The summed E-state index contributed by atoms with van der Waals surface area (Å²) in [4.78, 5) is 34.1. The highest BCUT2D eigenvalue weighted by Crippen LogP contribution is 2.22. The van der Waals surface area contributed by atoms with Gasteiger partial charge in [-0.25, -0.2) is 0 Å². The summed E-state index contributed by atoms with van der Waals surface area (Å²) in [5.41, 5.74) is 2.65. The quantitative estimate of drug-likeness (QED) is 0.735. The molecule has 7 nitrogen and oxygen atoms in total. The molecule has 3 aliphatic heterocycles. The van der Waals surface area contributed by atoms with Crippen LogP contribution in [0.1, 0.15) is 20.7 Å². The van der Waals surface area contributed by atoms with Gasteiger partial charge in [0.05, 0.1) is 13.2 Å². The second-order valence-electron chi connectivity index (χ2n) is 8.70. The number of amides is 2. The molecule has 0 radical (unpaired) electrons. The molecule has 2 aromatic carbocycles. The monoisotopic (exact) mass is 434 g/mol. The van der Waals surface area contributed by atoms with E-state index in [2.05, 4.69) is 9.80 Å². The van der Waals surface area contributed by atoms with E-state index in [0.29, 0.717) is 6.04 Å². The van der Waals surface area contributed by atoms with Crippen LogP contribution in [0.3, 0.4) is 0 Å². The van der Waals surface area contributed by atoms with Crippen LogP contribution in [0.5, 0.6) is 0 Å². The lowest BCUT2D eigenvalue weighted by Crippen LogP contribution is -2.64. The van der Waals surface area contributed by atoms with Crippen LogP contribution < -0.4 is 4.90 Å². The van der Waals surface area contributed by atoms with Gasteiger partial charge < -0.3 is 19.4 Å². The number of rotatable bonds is 4. The standard InChI is InChI=1S/C25H30N4O3/c30-24(20-4-2-1-3-5-20)28-12-10-26(11-13-28)23-18-29(19-23)25(31)21-6-8-22(9-7-21)27-14-16-32-17-15-27/h1-9,23H,10-19H2. The van der Waals surface area contributed by atoms with Crippen LogP contribution in [0.2, 0.25) is 0 Å². The summed E-state index contributed by atoms with van der Waals surface area (Å²) in [6.07, 6.45) is 0. The molecule has 3 fully saturated rings. The number of carbonyl (C=O) groups is 2. The molecule has 0 unspecified atom stereocenters. The lowest BCUT2D eigenvalue weighted by atomic mass is 10.0. The van der Waals surface area contributed by atoms with E-state index in [4.69, 9.17) is 4.74 Å². The van der Waals surface area contributed by atoms with Gasteiger partial charge in [-0.1, -0.05) is 18.2 Å². The minimum Gasteiger partial charge on any atom is -0.378 e. The number of hydrogen-bond acceptors (Lipinski definition) is 5. The molecule has 0 saturated carbocycles. The molecule has 32 heavy (non-hydrogen) atoms. The molecule has 3 saturated heterocycles. The van der Waals surface area contributed by atoms with Crippen LogP contribution in [-0.4, -0.2) is 98.1 Å². The van der Waals surface area contributed by atoms with E-state index in [1.165, 1.54) is 0 Å². The van der Waals surface area contributed by atoms with Gasteiger partial charge in [0.2, 0.25) is 0 Å². The number of piperazine rings is 1. The normalized spacial score (nSPS) is 20.2. The number of ether oxygens (including phenoxy) is 1. The number of nitrogens with zero attached hydrogens (tertiary/aromatic N) is 4. The van der Waals surface area contributed by atoms with Gasteiger partial charge in [-0.05, 0) is 36.4 Å². The van der Waals surface area contributed by atoms with Crippen molar-refractivity contribution in [2.45, 2.75) is 6.04 Å². The van der Waals surface area contributed by atoms with Crippen LogP contribution in [0, 0.1) is 0 Å². The third-order valence-electron chi connectivity index (χ3n) is 6.78. The zero-order chi connectivity index (χ0) is 21.9. The number of carbonyl (C=O) groups excluding carboxylic acids is 2. The molecule has 0 atom stereocenters. The zero-order valence-corrected chi connectivity index (χ0v) is 18.4. The van der Waals surface area contributed by atoms with Gasteiger partial charge in [-0.2, -0.15) is 0 Å². The van der Waals surface area contributed by atoms with Crippen molar-refractivity contribution in [2.75, 3.05) is 70.5 Å². The zero-order valence-electron chi connectivity index (χ0n) is 18.4. The molecule has 3 aliphatic rings. The Hall–Kier alpha value is -2.90. The van der Waals surface area contributed by atoms with E-state index >= 15 is 0 Å². The topological polar surface area (TPSA) is 56.3 Å². The van der Waals surface area contributed by atoms with E-state index in [9.17, 15) is 9.59 Å². The van der Waals surface area contributed by atoms with E-state index in [0.717, 1.165) is 82.4 Å². The van der Waals surface area contributed by atoms with Crippen LogP contribution in [0.4, 0.5) is 5.69 Å². The Morgan fingerprint density at radius 2 is 1.28 bits per heavy atom. The SMILES string of the molecule is O=C(c1ccccc1)N1CCN(C2CN(C(=O)c3ccc(N4CCOCC4)cc3)C2)CC1. The average molecular weight is 435 g/mol. The van der Waals surface area contributed by atoms with Crippen molar-refractivity contribution in [3.63, 3.8) is 0 Å². The van der Waals surface area contributed by atoms with E-state index in [1.807, 2.05) is 64.4 Å². The Balaban J connectivity index is 1.09. The van der Waals surface area contributed by atoms with Gasteiger partial charge in [0, 0.05) is 75.2 Å². The summed E-state index contributed by atoms with van der Waals surface area (Å²) in [7, 11) is 0. The molecular weight excluding hydrogens is 404 g/mol. The summed E-state index contributed by atoms with van der Waals surface area (Å²) in [6.45, 7) is 8.01. The number of morpholine rings is 1. The highest BCUT2D eigenvalue weighted by molar-refractivity contribution is 5.95. The second kappa shape index (κ2) is 9.30. The maximum Gasteiger partial charge on any atom is 0.253 e. The lowest BCUT2D eigenvalue weighted by molar-refractivity contribution is 0.00854. The average Bonchev–Trinajstić information content (AvgIpc) is 2.84. The van der Waals surface area contributed by atoms with Gasteiger partial charge in [0.15, 0.2) is 0 Å². The van der Waals surface area contributed by atoms with Crippen LogP contribution in [-0.2, 0) is 4.74 Å². The Morgan fingerprint density at radius 1 is 0.688 bits per heavy atom. The van der Waals surface area contributed by atoms with Gasteiger partial charge in [0.25, 0.3) is 11.8 Å². The van der Waals surface area contributed by atoms with Gasteiger partial charge >= 0.3 is 0 Å². The van der Waals surface area contributed by atoms with Crippen molar-refractivity contribution in [3.8, 4) is 0 Å². The van der Waals surface area contributed by atoms with Crippen molar-refractivity contribution in [1.82, 2.24) is 14.7 Å². The van der Waals surface area contributed by atoms with Crippen LogP contribution in [0.15, 0.2) is 54.6 Å². The van der Waals surface area contributed by atoms with Gasteiger partial charge in [-0.15, -0.1) is 0 Å². The second-order valence-corrected chi connectivity index (χ2v) is 8.70. The third kappa shape index (κ3) is 4.36. The number of hydrogen-bond donors (Lipinski definition) is 0. The van der Waals surface area contributed by atoms with Crippen LogP contribution in [0.25, 0.3) is 0 Å². The summed E-state index contributed by atoms with van der Waals surface area (Å²) in [5.74, 6) is 0.212. The Bertz CT molecular complexity index is 929. The fourth-order valence-electron chi connectivity index (χ4n) is 4.72. The van der Waals surface area contributed by atoms with Crippen molar-refractivity contribution < 1.29 is 14.3 Å². The molecule has 0 bridgehead atoms. The summed E-state index contributed by atoms with van der Waals surface area (Å²) < 4.78 is 5.41. The number of likely N-dealkylation sites (tertiary alicyclic amines) is 1. The molecule has 5 rings (SSSR count). The first kappa shape index (κ1) is 21.0. The molecule has 0 aliphatic carbocycles. The number of benzene rings is 2. The highest BCUT2D eigenvalue weighted by atomic mass is 16.5. The molecular formula is C25H30N4O3. The summed E-state index contributed by atoms with van der Waals surface area (Å²) >= 11 is 0. The van der Waals surface area contributed by atoms with E-state index < -0.39 is 0 Å². The van der Waals surface area contributed by atoms with Crippen LogP contribution >= 0.6 is 0 Å². The van der Waals surface area contributed by atoms with Crippen molar-refractivity contribution in [1.29, 1.82) is 0 Å². The minimum absolute atomic E-state index is 0.104. The largest absolute Gasteiger partial charge is 0.378 e.